The van der Waals surface area contributed by atoms with Crippen molar-refractivity contribution in [2.45, 2.75) is 25.5 Å². The van der Waals surface area contributed by atoms with Gasteiger partial charge < -0.3 is 4.57 Å². The van der Waals surface area contributed by atoms with Crippen LogP contribution in [0.2, 0.25) is 0 Å². The normalized spacial score (nSPS) is 11.1. The lowest BCUT2D eigenvalue weighted by Crippen LogP contribution is -2.07. The van der Waals surface area contributed by atoms with Crippen molar-refractivity contribution in [3.63, 3.8) is 0 Å². The van der Waals surface area contributed by atoms with Crippen molar-refractivity contribution in [3.05, 3.63) is 45.4 Å². The van der Waals surface area contributed by atoms with Gasteiger partial charge in [-0.05, 0) is 41.8 Å². The molecule has 0 aliphatic carbocycles. The minimum absolute atomic E-state index is 0.0990. The lowest BCUT2D eigenvalue weighted by Gasteiger charge is -2.03. The topological polar surface area (TPSA) is 65.6 Å². The average molecular weight is 347 g/mol. The Bertz CT molecular complexity index is 819. The van der Waals surface area contributed by atoms with Gasteiger partial charge in [-0.25, -0.2) is 4.68 Å². The number of rotatable bonds is 6. The number of tetrazole rings is 1. The second-order valence-electron chi connectivity index (χ2n) is 5.25. The minimum atomic E-state index is 0.0990. The SMILES string of the molecule is Cc1cc(C(=O)CSc2nnnn2Cc2cccs2)c(C)n1C. The van der Waals surface area contributed by atoms with E-state index in [2.05, 4.69) is 15.5 Å². The summed E-state index contributed by atoms with van der Waals surface area (Å²) in [5, 5.41) is 14.4. The van der Waals surface area contributed by atoms with Gasteiger partial charge in [-0.2, -0.15) is 0 Å². The first-order valence-electron chi connectivity index (χ1n) is 7.13. The molecule has 23 heavy (non-hydrogen) atoms. The molecule has 0 aliphatic rings. The zero-order valence-electron chi connectivity index (χ0n) is 13.2. The van der Waals surface area contributed by atoms with Crippen molar-refractivity contribution < 1.29 is 4.79 Å². The van der Waals surface area contributed by atoms with Gasteiger partial charge in [0.05, 0.1) is 12.3 Å². The highest BCUT2D eigenvalue weighted by Gasteiger charge is 2.16. The van der Waals surface area contributed by atoms with Crippen LogP contribution in [0.5, 0.6) is 0 Å². The molecule has 3 aromatic heterocycles. The number of Topliss-reactive ketones (excluding diaryl/α,β-unsaturated/α-hetero) is 1. The lowest BCUT2D eigenvalue weighted by atomic mass is 10.2. The first-order chi connectivity index (χ1) is 11.1. The molecule has 0 saturated carbocycles. The number of carbonyl (C=O) groups is 1. The fourth-order valence-electron chi connectivity index (χ4n) is 2.29. The Morgan fingerprint density at radius 1 is 1.39 bits per heavy atom. The highest BCUT2D eigenvalue weighted by Crippen LogP contribution is 2.20. The third kappa shape index (κ3) is 3.37. The smallest absolute Gasteiger partial charge is 0.210 e. The quantitative estimate of drug-likeness (QED) is 0.507. The summed E-state index contributed by atoms with van der Waals surface area (Å²) in [4.78, 5) is 13.6. The first kappa shape index (κ1) is 15.9. The highest BCUT2D eigenvalue weighted by atomic mass is 32.2. The van der Waals surface area contributed by atoms with E-state index >= 15 is 0 Å². The molecule has 0 radical (unpaired) electrons. The Kier molecular flexibility index (Phi) is 4.63. The van der Waals surface area contributed by atoms with Crippen molar-refractivity contribution in [2.24, 2.45) is 7.05 Å². The van der Waals surface area contributed by atoms with Crippen LogP contribution in [0, 0.1) is 13.8 Å². The van der Waals surface area contributed by atoms with Crippen molar-refractivity contribution in [1.29, 1.82) is 0 Å². The Balaban J connectivity index is 1.68. The van der Waals surface area contributed by atoms with Crippen LogP contribution in [0.4, 0.5) is 0 Å². The van der Waals surface area contributed by atoms with E-state index in [1.807, 2.05) is 49.0 Å². The Hall–Kier alpha value is -1.93. The van der Waals surface area contributed by atoms with Gasteiger partial charge in [0.2, 0.25) is 5.16 Å². The van der Waals surface area contributed by atoms with Crippen LogP contribution in [0.25, 0.3) is 0 Å². The Morgan fingerprint density at radius 2 is 2.22 bits per heavy atom. The molecule has 0 N–H and O–H groups in total. The molecule has 0 unspecified atom stereocenters. The van der Waals surface area contributed by atoms with E-state index in [4.69, 9.17) is 0 Å². The van der Waals surface area contributed by atoms with Crippen molar-refractivity contribution in [3.8, 4) is 0 Å². The largest absolute Gasteiger partial charge is 0.351 e. The standard InChI is InChI=1S/C15H17N5OS2/c1-10-7-13(11(2)19(10)3)14(21)9-23-15-16-17-18-20(15)8-12-5-4-6-22-12/h4-7H,8-9H2,1-3H3. The van der Waals surface area contributed by atoms with Gasteiger partial charge in [-0.1, -0.05) is 17.8 Å². The highest BCUT2D eigenvalue weighted by molar-refractivity contribution is 7.99. The van der Waals surface area contributed by atoms with E-state index in [0.29, 0.717) is 17.5 Å². The molecule has 0 spiro atoms. The Labute approximate surface area is 142 Å². The van der Waals surface area contributed by atoms with Crippen LogP contribution in [-0.4, -0.2) is 36.3 Å². The predicted octanol–water partition coefficient (Wildman–Crippen LogP) is 2.71. The zero-order chi connectivity index (χ0) is 16.4. The molecule has 0 aliphatic heterocycles. The Morgan fingerprint density at radius 3 is 2.87 bits per heavy atom. The van der Waals surface area contributed by atoms with E-state index in [9.17, 15) is 4.79 Å². The van der Waals surface area contributed by atoms with E-state index in [0.717, 1.165) is 17.0 Å². The van der Waals surface area contributed by atoms with E-state index < -0.39 is 0 Å². The molecular weight excluding hydrogens is 330 g/mol. The maximum atomic E-state index is 12.4. The third-order valence-corrected chi connectivity index (χ3v) is 5.61. The van der Waals surface area contributed by atoms with Crippen LogP contribution >= 0.6 is 23.1 Å². The van der Waals surface area contributed by atoms with Gasteiger partial charge in [0.1, 0.15) is 0 Å². The fraction of sp³-hybridized carbons (Fsp3) is 0.333. The molecule has 6 nitrogen and oxygen atoms in total. The molecule has 0 aromatic carbocycles. The third-order valence-electron chi connectivity index (χ3n) is 3.79. The van der Waals surface area contributed by atoms with Gasteiger partial charge in [0, 0.05) is 28.9 Å². The maximum absolute atomic E-state index is 12.4. The summed E-state index contributed by atoms with van der Waals surface area (Å²) in [6.45, 7) is 4.59. The van der Waals surface area contributed by atoms with Gasteiger partial charge in [-0.3, -0.25) is 4.79 Å². The summed E-state index contributed by atoms with van der Waals surface area (Å²) in [5.41, 5.74) is 2.85. The van der Waals surface area contributed by atoms with Crippen LogP contribution in [0.1, 0.15) is 26.6 Å². The summed E-state index contributed by atoms with van der Waals surface area (Å²) in [6, 6.07) is 5.98. The molecule has 0 amide bonds. The number of thioether (sulfide) groups is 1. The maximum Gasteiger partial charge on any atom is 0.210 e. The van der Waals surface area contributed by atoms with Crippen LogP contribution in [0.3, 0.4) is 0 Å². The lowest BCUT2D eigenvalue weighted by molar-refractivity contribution is 0.102. The van der Waals surface area contributed by atoms with Crippen LogP contribution in [0.15, 0.2) is 28.7 Å². The number of carbonyl (C=O) groups excluding carboxylic acids is 1. The molecule has 8 heteroatoms. The molecule has 120 valence electrons. The summed E-state index contributed by atoms with van der Waals surface area (Å²) in [5.74, 6) is 0.427. The molecule has 0 fully saturated rings. The average Bonchev–Trinajstić information content (AvgIpc) is 3.25. The van der Waals surface area contributed by atoms with Crippen LogP contribution < -0.4 is 0 Å². The number of aryl methyl sites for hydroxylation is 1. The van der Waals surface area contributed by atoms with Crippen molar-refractivity contribution in [2.75, 3.05) is 5.75 Å². The summed E-state index contributed by atoms with van der Waals surface area (Å²) < 4.78 is 3.76. The van der Waals surface area contributed by atoms with Gasteiger partial charge in [0.15, 0.2) is 5.78 Å². The number of nitrogens with zero attached hydrogens (tertiary/aromatic N) is 5. The van der Waals surface area contributed by atoms with E-state index in [1.54, 1.807) is 16.0 Å². The molecule has 0 bridgehead atoms. The van der Waals surface area contributed by atoms with Gasteiger partial charge in [0.25, 0.3) is 0 Å². The summed E-state index contributed by atoms with van der Waals surface area (Å²) in [6.07, 6.45) is 0. The molecule has 3 rings (SSSR count). The number of thiophene rings is 1. The first-order valence-corrected chi connectivity index (χ1v) is 9.00. The van der Waals surface area contributed by atoms with Gasteiger partial charge >= 0.3 is 0 Å². The predicted molar refractivity (Wildman–Crippen MR) is 91.2 cm³/mol. The number of ketones is 1. The van der Waals surface area contributed by atoms with E-state index in [1.165, 1.54) is 16.6 Å². The monoisotopic (exact) mass is 347 g/mol. The fourth-order valence-corrected chi connectivity index (χ4v) is 3.74. The van der Waals surface area contributed by atoms with Crippen molar-refractivity contribution >= 4 is 28.9 Å². The van der Waals surface area contributed by atoms with Gasteiger partial charge in [-0.15, -0.1) is 16.4 Å². The van der Waals surface area contributed by atoms with Crippen LogP contribution in [-0.2, 0) is 13.6 Å². The number of aromatic nitrogens is 5. The summed E-state index contributed by atoms with van der Waals surface area (Å²) >= 11 is 3.04. The van der Waals surface area contributed by atoms with Crippen molar-refractivity contribution in [1.82, 2.24) is 24.8 Å². The second kappa shape index (κ2) is 6.67. The molecule has 0 saturated heterocycles. The molecule has 3 heterocycles. The second-order valence-corrected chi connectivity index (χ2v) is 7.23. The minimum Gasteiger partial charge on any atom is -0.351 e. The van der Waals surface area contributed by atoms with E-state index in [-0.39, 0.29) is 5.78 Å². The molecule has 3 aromatic rings. The zero-order valence-corrected chi connectivity index (χ0v) is 14.8. The number of hydrogen-bond donors (Lipinski definition) is 0. The molecule has 0 atom stereocenters. The summed E-state index contributed by atoms with van der Waals surface area (Å²) in [7, 11) is 1.97. The molecular formula is C15H17N5OS2. The number of hydrogen-bond acceptors (Lipinski definition) is 6.